The Kier molecular flexibility index (Phi) is 4.18. The van der Waals surface area contributed by atoms with E-state index in [4.69, 9.17) is 22.1 Å². The number of benzene rings is 1. The molecule has 2 N–H and O–H groups in total. The van der Waals surface area contributed by atoms with Crippen molar-refractivity contribution < 1.29 is 4.74 Å². The predicted octanol–water partition coefficient (Wildman–Crippen LogP) is 2.99. The van der Waals surface area contributed by atoms with Gasteiger partial charge in [0.1, 0.15) is 5.75 Å². The van der Waals surface area contributed by atoms with Crippen molar-refractivity contribution in [1.29, 1.82) is 0 Å². The van der Waals surface area contributed by atoms with Crippen LogP contribution in [0.2, 0.25) is 5.02 Å². The molecule has 1 aromatic carbocycles. The van der Waals surface area contributed by atoms with Crippen LogP contribution in [0.25, 0.3) is 0 Å². The Morgan fingerprint density at radius 1 is 1.28 bits per heavy atom. The third kappa shape index (κ3) is 3.00. The maximum Gasteiger partial charge on any atom is 0.122 e. The van der Waals surface area contributed by atoms with Crippen molar-refractivity contribution in [3.63, 3.8) is 0 Å². The highest BCUT2D eigenvalue weighted by molar-refractivity contribution is 6.30. The second-order valence-electron chi connectivity index (χ2n) is 4.05. The number of hydrogen-bond acceptors (Lipinski definition) is 3. The Morgan fingerprint density at radius 3 is 2.67 bits per heavy atom. The third-order valence-corrected chi connectivity index (χ3v) is 3.05. The fraction of sp³-hybridized carbons (Fsp3) is 0.214. The quantitative estimate of drug-likeness (QED) is 0.922. The number of nitrogens with two attached hydrogens (primary N) is 1. The molecule has 2 aromatic rings. The average Bonchev–Trinajstić information content (AvgIpc) is 2.40. The van der Waals surface area contributed by atoms with E-state index in [9.17, 15) is 0 Å². The first kappa shape index (κ1) is 12.9. The summed E-state index contributed by atoms with van der Waals surface area (Å²) in [6, 6.07) is 9.30. The predicted molar refractivity (Wildman–Crippen MR) is 72.9 cm³/mol. The lowest BCUT2D eigenvalue weighted by molar-refractivity contribution is 0.408. The first-order valence-corrected chi connectivity index (χ1v) is 6.06. The fourth-order valence-corrected chi connectivity index (χ4v) is 2.07. The van der Waals surface area contributed by atoms with E-state index in [-0.39, 0.29) is 6.04 Å². The summed E-state index contributed by atoms with van der Waals surface area (Å²) in [4.78, 5) is 3.98. The molecule has 0 bridgehead atoms. The Balaban J connectivity index is 2.21. The van der Waals surface area contributed by atoms with Gasteiger partial charge in [-0.1, -0.05) is 11.6 Å². The number of ether oxygens (including phenoxy) is 1. The second-order valence-corrected chi connectivity index (χ2v) is 4.48. The Hall–Kier alpha value is -1.58. The van der Waals surface area contributed by atoms with E-state index in [1.54, 1.807) is 19.5 Å². The highest BCUT2D eigenvalue weighted by Crippen LogP contribution is 2.26. The van der Waals surface area contributed by atoms with Gasteiger partial charge in [-0.15, -0.1) is 0 Å². The standard InChI is InChI=1S/C14H15ClN2O/c1-18-14-3-2-12(15)8-11(14)9-13(16)10-4-6-17-7-5-10/h2-8,13H,9,16H2,1H3. The van der Waals surface area contributed by atoms with Crippen LogP contribution in [-0.4, -0.2) is 12.1 Å². The Bertz CT molecular complexity index is 516. The minimum atomic E-state index is -0.0969. The summed E-state index contributed by atoms with van der Waals surface area (Å²) in [5.74, 6) is 0.809. The van der Waals surface area contributed by atoms with Crippen LogP contribution in [0.15, 0.2) is 42.7 Å². The van der Waals surface area contributed by atoms with E-state index in [0.29, 0.717) is 11.4 Å². The summed E-state index contributed by atoms with van der Waals surface area (Å²) in [6.07, 6.45) is 4.16. The van der Waals surface area contributed by atoms with E-state index in [2.05, 4.69) is 4.98 Å². The van der Waals surface area contributed by atoms with E-state index in [0.717, 1.165) is 16.9 Å². The lowest BCUT2D eigenvalue weighted by atomic mass is 10.00. The molecule has 18 heavy (non-hydrogen) atoms. The second kappa shape index (κ2) is 5.85. The number of rotatable bonds is 4. The van der Waals surface area contributed by atoms with Crippen molar-refractivity contribution in [2.45, 2.75) is 12.5 Å². The van der Waals surface area contributed by atoms with Gasteiger partial charge >= 0.3 is 0 Å². The SMILES string of the molecule is COc1ccc(Cl)cc1CC(N)c1ccncc1. The molecule has 1 atom stereocenters. The van der Waals surface area contributed by atoms with E-state index in [1.165, 1.54) is 0 Å². The summed E-state index contributed by atoms with van der Waals surface area (Å²) in [5, 5.41) is 0.688. The zero-order valence-corrected chi connectivity index (χ0v) is 10.9. The van der Waals surface area contributed by atoms with Gasteiger partial charge in [0.15, 0.2) is 0 Å². The molecule has 2 rings (SSSR count). The normalized spacial score (nSPS) is 12.2. The molecule has 1 aromatic heterocycles. The van der Waals surface area contributed by atoms with Crippen molar-refractivity contribution in [2.24, 2.45) is 5.73 Å². The largest absolute Gasteiger partial charge is 0.496 e. The van der Waals surface area contributed by atoms with Gasteiger partial charge < -0.3 is 10.5 Å². The minimum Gasteiger partial charge on any atom is -0.496 e. The summed E-state index contributed by atoms with van der Waals surface area (Å²) in [7, 11) is 1.64. The molecule has 0 saturated carbocycles. The molecule has 94 valence electrons. The summed E-state index contributed by atoms with van der Waals surface area (Å²) in [6.45, 7) is 0. The monoisotopic (exact) mass is 262 g/mol. The van der Waals surface area contributed by atoms with Crippen molar-refractivity contribution in [2.75, 3.05) is 7.11 Å². The number of nitrogens with zero attached hydrogens (tertiary/aromatic N) is 1. The number of hydrogen-bond donors (Lipinski definition) is 1. The van der Waals surface area contributed by atoms with Crippen LogP contribution >= 0.6 is 11.6 Å². The number of methoxy groups -OCH3 is 1. The Labute approximate surface area is 112 Å². The Morgan fingerprint density at radius 2 is 2.00 bits per heavy atom. The van der Waals surface area contributed by atoms with Crippen molar-refractivity contribution in [1.82, 2.24) is 4.98 Å². The molecule has 0 fully saturated rings. The molecule has 4 heteroatoms. The van der Waals surface area contributed by atoms with Gasteiger partial charge in [0.25, 0.3) is 0 Å². The summed E-state index contributed by atoms with van der Waals surface area (Å²) in [5.41, 5.74) is 8.23. The molecule has 3 nitrogen and oxygen atoms in total. The van der Waals surface area contributed by atoms with Crippen molar-refractivity contribution >= 4 is 11.6 Å². The molecule has 0 radical (unpaired) electrons. The first-order valence-electron chi connectivity index (χ1n) is 5.68. The van der Waals surface area contributed by atoms with Gasteiger partial charge in [0, 0.05) is 23.5 Å². The van der Waals surface area contributed by atoms with E-state index >= 15 is 0 Å². The van der Waals surface area contributed by atoms with Gasteiger partial charge in [-0.3, -0.25) is 4.98 Å². The highest BCUT2D eigenvalue weighted by atomic mass is 35.5. The van der Waals surface area contributed by atoms with Crippen LogP contribution in [0.5, 0.6) is 5.75 Å². The molecule has 0 aliphatic carbocycles. The number of halogens is 1. The van der Waals surface area contributed by atoms with Crippen LogP contribution in [0.1, 0.15) is 17.2 Å². The number of pyridine rings is 1. The van der Waals surface area contributed by atoms with Gasteiger partial charge in [-0.2, -0.15) is 0 Å². The molecular formula is C14H15ClN2O. The summed E-state index contributed by atoms with van der Waals surface area (Å²) >= 11 is 6.00. The maximum atomic E-state index is 6.17. The van der Waals surface area contributed by atoms with E-state index in [1.807, 2.05) is 30.3 Å². The highest BCUT2D eigenvalue weighted by Gasteiger charge is 2.11. The molecular weight excluding hydrogens is 248 g/mol. The van der Waals surface area contributed by atoms with Gasteiger partial charge in [-0.05, 0) is 47.9 Å². The van der Waals surface area contributed by atoms with Crippen LogP contribution in [-0.2, 0) is 6.42 Å². The van der Waals surface area contributed by atoms with Crippen LogP contribution < -0.4 is 10.5 Å². The van der Waals surface area contributed by atoms with Gasteiger partial charge in [-0.25, -0.2) is 0 Å². The van der Waals surface area contributed by atoms with Crippen LogP contribution in [0.3, 0.4) is 0 Å². The lowest BCUT2D eigenvalue weighted by Gasteiger charge is -2.14. The topological polar surface area (TPSA) is 48.1 Å². The van der Waals surface area contributed by atoms with E-state index < -0.39 is 0 Å². The molecule has 0 amide bonds. The van der Waals surface area contributed by atoms with Crippen LogP contribution in [0, 0.1) is 0 Å². The zero-order valence-electron chi connectivity index (χ0n) is 10.1. The van der Waals surface area contributed by atoms with Crippen molar-refractivity contribution in [3.8, 4) is 5.75 Å². The molecule has 0 aliphatic rings. The zero-order chi connectivity index (χ0) is 13.0. The molecule has 0 aliphatic heterocycles. The summed E-state index contributed by atoms with van der Waals surface area (Å²) < 4.78 is 5.31. The van der Waals surface area contributed by atoms with Crippen molar-refractivity contribution in [3.05, 3.63) is 58.9 Å². The maximum absolute atomic E-state index is 6.17. The molecule has 1 unspecified atom stereocenters. The smallest absolute Gasteiger partial charge is 0.122 e. The van der Waals surface area contributed by atoms with Crippen LogP contribution in [0.4, 0.5) is 0 Å². The first-order chi connectivity index (χ1) is 8.70. The molecule has 0 spiro atoms. The molecule has 0 saturated heterocycles. The van der Waals surface area contributed by atoms with Gasteiger partial charge in [0.2, 0.25) is 0 Å². The minimum absolute atomic E-state index is 0.0969. The molecule has 1 heterocycles. The van der Waals surface area contributed by atoms with Gasteiger partial charge in [0.05, 0.1) is 7.11 Å². The fourth-order valence-electron chi connectivity index (χ4n) is 1.87. The average molecular weight is 263 g/mol. The number of aromatic nitrogens is 1. The lowest BCUT2D eigenvalue weighted by Crippen LogP contribution is -2.13. The third-order valence-electron chi connectivity index (χ3n) is 2.82.